The zero-order chi connectivity index (χ0) is 8.28. The molecule has 0 spiro atoms. The molecule has 6 heteroatoms. The first-order valence-corrected chi connectivity index (χ1v) is 7.09. The first-order chi connectivity index (χ1) is 4.39. The van der Waals surface area contributed by atoms with Crippen LogP contribution in [0.1, 0.15) is 13.8 Å². The molecule has 0 aliphatic rings. The van der Waals surface area contributed by atoms with Gasteiger partial charge in [0.25, 0.3) is 0 Å². The van der Waals surface area contributed by atoms with E-state index in [1.54, 1.807) is 0 Å². The second-order valence-electron chi connectivity index (χ2n) is 1.56. The van der Waals surface area contributed by atoms with E-state index in [9.17, 15) is 7.35 Å². The second kappa shape index (κ2) is 3.19. The molecule has 0 atom stereocenters. The van der Waals surface area contributed by atoms with Crippen LogP contribution in [0.2, 0.25) is 0 Å². The molecule has 0 aliphatic heterocycles. The predicted octanol–water partition coefficient (Wildman–Crippen LogP) is 1.42. The summed E-state index contributed by atoms with van der Waals surface area (Å²) in [5, 5.41) is 0. The van der Waals surface area contributed by atoms with Gasteiger partial charge in [-0.15, -0.1) is 0 Å². The Morgan fingerprint density at radius 2 is 1.50 bits per heavy atom. The molecule has 0 fully saturated rings. The molecule has 0 amide bonds. The molecule has 10 heavy (non-hydrogen) atoms. The molecule has 0 saturated heterocycles. The Balaban J connectivity index is 4.30. The molecule has 0 bridgehead atoms. The van der Waals surface area contributed by atoms with Crippen molar-refractivity contribution in [3.05, 3.63) is 0 Å². The summed E-state index contributed by atoms with van der Waals surface area (Å²) in [5.74, 6) is 0. The molecule has 0 unspecified atom stereocenters. The van der Waals surface area contributed by atoms with Crippen LogP contribution in [-0.4, -0.2) is 13.2 Å². The molecule has 0 aromatic heterocycles. The van der Waals surface area contributed by atoms with E-state index in [2.05, 4.69) is 7.32 Å². The van der Waals surface area contributed by atoms with Crippen LogP contribution < -0.4 is 0 Å². The van der Waals surface area contributed by atoms with Gasteiger partial charge in [-0.2, -0.15) is 0 Å². The van der Waals surface area contributed by atoms with Crippen molar-refractivity contribution >= 4 is 9.85 Å². The monoisotopic (exact) mass is 208 g/mol. The average Bonchev–Trinajstić information content (AvgIpc) is 1.61. The van der Waals surface area contributed by atoms with E-state index in [0.29, 0.717) is 0 Å². The third-order valence-corrected chi connectivity index (χ3v) is 3.58. The molecule has 0 aromatic rings. The van der Waals surface area contributed by atoms with Gasteiger partial charge >= 0.3 is 64.1 Å². The van der Waals surface area contributed by atoms with Gasteiger partial charge in [0.05, 0.1) is 0 Å². The van der Waals surface area contributed by atoms with E-state index < -0.39 is 12.5 Å². The van der Waals surface area contributed by atoms with Crippen LogP contribution in [0.3, 0.4) is 0 Å². The van der Waals surface area contributed by atoms with Gasteiger partial charge in [0.1, 0.15) is 0 Å². The minimum absolute atomic E-state index is 0.00208. The minimum atomic E-state index is -5.69. The van der Waals surface area contributed by atoms with Crippen LogP contribution in [0.4, 0.5) is 0 Å². The van der Waals surface area contributed by atoms with Crippen molar-refractivity contribution in [1.29, 1.82) is 0 Å². The quantitative estimate of drug-likeness (QED) is 0.701. The van der Waals surface area contributed by atoms with E-state index in [4.69, 9.17) is 9.85 Å². The molecular formula is C4H10ClO4V. The van der Waals surface area contributed by atoms with Crippen LogP contribution in [0.25, 0.3) is 0 Å². The Morgan fingerprint density at radius 1 is 1.20 bits per heavy atom. The van der Waals surface area contributed by atoms with Crippen molar-refractivity contribution in [1.82, 2.24) is 0 Å². The Hall–Kier alpha value is 0.394. The van der Waals surface area contributed by atoms with Gasteiger partial charge in [0, 0.05) is 0 Å². The van der Waals surface area contributed by atoms with Crippen LogP contribution in [0.15, 0.2) is 0 Å². The molecule has 0 N–H and O–H groups in total. The van der Waals surface area contributed by atoms with Crippen molar-refractivity contribution in [2.45, 2.75) is 13.8 Å². The van der Waals surface area contributed by atoms with Crippen molar-refractivity contribution < 1.29 is 27.2 Å². The first kappa shape index (κ1) is 10.4. The SMILES string of the molecule is CC[O][V](=[O])(=[O])([Cl])[O]CC. The number of halogens is 1. The number of rotatable bonds is 4. The molecule has 0 aliphatic carbocycles. The number of hydrogen-bond acceptors (Lipinski definition) is 4. The predicted molar refractivity (Wildman–Crippen MR) is 30.5 cm³/mol. The van der Waals surface area contributed by atoms with Crippen molar-refractivity contribution in [3.8, 4) is 0 Å². The third kappa shape index (κ3) is 4.25. The fourth-order valence-electron chi connectivity index (χ4n) is 0.451. The topological polar surface area (TPSA) is 52.6 Å². The van der Waals surface area contributed by atoms with Gasteiger partial charge in [-0.3, -0.25) is 0 Å². The fourth-order valence-corrected chi connectivity index (χ4v) is 2.66. The van der Waals surface area contributed by atoms with Gasteiger partial charge in [-0.25, -0.2) is 0 Å². The Bertz CT molecular complexity index is 201. The van der Waals surface area contributed by atoms with Crippen LogP contribution in [0.5, 0.6) is 0 Å². The van der Waals surface area contributed by atoms with E-state index >= 15 is 0 Å². The summed E-state index contributed by atoms with van der Waals surface area (Å²) in [4.78, 5) is 0. The Morgan fingerprint density at radius 3 is 1.70 bits per heavy atom. The van der Waals surface area contributed by atoms with E-state index in [1.807, 2.05) is 0 Å². The summed E-state index contributed by atoms with van der Waals surface area (Å²) in [6, 6.07) is 0. The summed E-state index contributed by atoms with van der Waals surface area (Å²) >= 11 is -5.69. The maximum absolute atomic E-state index is 10.8. The van der Waals surface area contributed by atoms with Crippen LogP contribution >= 0.6 is 9.85 Å². The van der Waals surface area contributed by atoms with Crippen LogP contribution in [-0.2, 0) is 27.2 Å². The molecule has 4 nitrogen and oxygen atoms in total. The third-order valence-electron chi connectivity index (χ3n) is 0.672. The van der Waals surface area contributed by atoms with Crippen molar-refractivity contribution in [2.75, 3.05) is 13.2 Å². The van der Waals surface area contributed by atoms with E-state index in [0.717, 1.165) is 0 Å². The van der Waals surface area contributed by atoms with Crippen molar-refractivity contribution in [3.63, 3.8) is 0 Å². The molecule has 62 valence electrons. The molecule has 0 heterocycles. The summed E-state index contributed by atoms with van der Waals surface area (Å²) in [7, 11) is 5.02. The van der Waals surface area contributed by atoms with Crippen LogP contribution in [0, 0.1) is 0 Å². The molecule has 0 rings (SSSR count). The van der Waals surface area contributed by atoms with Gasteiger partial charge in [0.15, 0.2) is 0 Å². The van der Waals surface area contributed by atoms with Gasteiger partial charge in [0.2, 0.25) is 0 Å². The molecule has 0 saturated carbocycles. The Kier molecular flexibility index (Phi) is 3.32. The summed E-state index contributed by atoms with van der Waals surface area (Å²) in [6.45, 7) is 3.05. The molecule has 0 aromatic carbocycles. The second-order valence-corrected chi connectivity index (χ2v) is 6.90. The summed E-state index contributed by atoms with van der Waals surface area (Å²) in [6.07, 6.45) is 0. The van der Waals surface area contributed by atoms with E-state index in [1.165, 1.54) is 13.8 Å². The van der Waals surface area contributed by atoms with Gasteiger partial charge in [-0.05, 0) is 0 Å². The first-order valence-electron chi connectivity index (χ1n) is 2.89. The summed E-state index contributed by atoms with van der Waals surface area (Å²) < 4.78 is 30.2. The van der Waals surface area contributed by atoms with Gasteiger partial charge < -0.3 is 0 Å². The normalized spacial score (nSPS) is 13.6. The molecule has 0 radical (unpaired) electrons. The average molecular weight is 209 g/mol. The fraction of sp³-hybridized carbons (Fsp3) is 1.00. The zero-order valence-corrected chi connectivity index (χ0v) is 8.03. The number of hydrogen-bond donors (Lipinski definition) is 0. The standard InChI is InChI=1S/2C2H5O.ClH.2O.V/c2*1-2-3;;;;/h2*2H2,1H3;1H;;;/q2*-1;;;;+3/p-1. The summed E-state index contributed by atoms with van der Waals surface area (Å²) in [5.41, 5.74) is 0. The Labute approximate surface area is 64.5 Å². The maximum atomic E-state index is 10.8. The zero-order valence-electron chi connectivity index (χ0n) is 5.87. The van der Waals surface area contributed by atoms with Gasteiger partial charge in [-0.1, -0.05) is 0 Å². The van der Waals surface area contributed by atoms with E-state index in [-0.39, 0.29) is 13.2 Å². The van der Waals surface area contributed by atoms with Crippen molar-refractivity contribution in [2.24, 2.45) is 0 Å². The molecular weight excluding hydrogens is 198 g/mol.